The molecule has 0 aliphatic heterocycles. The van der Waals surface area contributed by atoms with Gasteiger partial charge in [-0.15, -0.1) is 0 Å². The second kappa shape index (κ2) is 5.80. The molecule has 4 nitrogen and oxygen atoms in total. The number of hydrogen-bond acceptors (Lipinski definition) is 3. The zero-order valence-corrected chi connectivity index (χ0v) is 10.9. The number of nitrogens with one attached hydrogen (secondary N) is 1. The van der Waals surface area contributed by atoms with E-state index in [9.17, 15) is 0 Å². The van der Waals surface area contributed by atoms with Gasteiger partial charge in [0.15, 0.2) is 0 Å². The Morgan fingerprint density at radius 3 is 2.61 bits per heavy atom. The second-order valence-corrected chi connectivity index (χ2v) is 4.55. The maximum Gasteiger partial charge on any atom is 0.0540 e. The first-order valence-corrected chi connectivity index (χ1v) is 6.21. The summed E-state index contributed by atoms with van der Waals surface area (Å²) < 4.78 is 1.88. The highest BCUT2D eigenvalue weighted by Crippen LogP contribution is 2.21. The van der Waals surface area contributed by atoms with Gasteiger partial charge in [-0.1, -0.05) is 30.3 Å². The number of aromatic nitrogens is 2. The number of hydrazine groups is 1. The predicted molar refractivity (Wildman–Crippen MR) is 72.8 cm³/mol. The van der Waals surface area contributed by atoms with Crippen molar-refractivity contribution in [3.05, 3.63) is 53.3 Å². The molecule has 0 spiro atoms. The minimum absolute atomic E-state index is 0.152. The van der Waals surface area contributed by atoms with Crippen LogP contribution in [0.4, 0.5) is 0 Å². The lowest BCUT2D eigenvalue weighted by Crippen LogP contribution is -2.28. The van der Waals surface area contributed by atoms with Gasteiger partial charge in [-0.3, -0.25) is 16.0 Å². The topological polar surface area (TPSA) is 55.9 Å². The summed E-state index contributed by atoms with van der Waals surface area (Å²) >= 11 is 0. The van der Waals surface area contributed by atoms with Crippen LogP contribution in [0.1, 0.15) is 29.3 Å². The zero-order chi connectivity index (χ0) is 13.0. The van der Waals surface area contributed by atoms with Gasteiger partial charge in [0.25, 0.3) is 0 Å². The fourth-order valence-corrected chi connectivity index (χ4v) is 2.14. The SMILES string of the molecule is Cc1c(C(CCc2ccccc2)NN)cnn1C. The van der Waals surface area contributed by atoms with Crippen molar-refractivity contribution in [1.29, 1.82) is 0 Å². The van der Waals surface area contributed by atoms with Crippen LogP contribution in [0, 0.1) is 6.92 Å². The minimum atomic E-state index is 0.152. The molecule has 0 aliphatic carbocycles. The van der Waals surface area contributed by atoms with E-state index in [0.717, 1.165) is 18.5 Å². The lowest BCUT2D eigenvalue weighted by molar-refractivity contribution is 0.513. The molecule has 0 saturated heterocycles. The molecule has 0 amide bonds. The van der Waals surface area contributed by atoms with Crippen LogP contribution in [0.2, 0.25) is 0 Å². The van der Waals surface area contributed by atoms with Crippen LogP contribution in [0.25, 0.3) is 0 Å². The van der Waals surface area contributed by atoms with E-state index in [1.807, 2.05) is 24.0 Å². The van der Waals surface area contributed by atoms with Gasteiger partial charge in [-0.2, -0.15) is 5.10 Å². The maximum absolute atomic E-state index is 5.66. The van der Waals surface area contributed by atoms with Crippen LogP contribution in [-0.2, 0) is 13.5 Å². The molecule has 0 aliphatic rings. The molecule has 1 unspecified atom stereocenters. The van der Waals surface area contributed by atoms with Crippen molar-refractivity contribution in [2.24, 2.45) is 12.9 Å². The zero-order valence-electron chi connectivity index (χ0n) is 10.9. The second-order valence-electron chi connectivity index (χ2n) is 4.55. The Morgan fingerprint density at radius 2 is 2.06 bits per heavy atom. The Hall–Kier alpha value is -1.65. The first-order valence-electron chi connectivity index (χ1n) is 6.21. The molecule has 4 heteroatoms. The summed E-state index contributed by atoms with van der Waals surface area (Å²) in [6.45, 7) is 2.06. The van der Waals surface area contributed by atoms with Crippen molar-refractivity contribution in [3.63, 3.8) is 0 Å². The first-order chi connectivity index (χ1) is 8.72. The molecule has 0 bridgehead atoms. The highest BCUT2D eigenvalue weighted by atomic mass is 15.3. The summed E-state index contributed by atoms with van der Waals surface area (Å²) in [5.74, 6) is 5.66. The average Bonchev–Trinajstić information content (AvgIpc) is 2.73. The molecular weight excluding hydrogens is 224 g/mol. The van der Waals surface area contributed by atoms with Gasteiger partial charge in [0.1, 0.15) is 0 Å². The molecule has 96 valence electrons. The largest absolute Gasteiger partial charge is 0.273 e. The molecule has 0 saturated carbocycles. The number of benzene rings is 1. The van der Waals surface area contributed by atoms with Crippen LogP contribution in [0.3, 0.4) is 0 Å². The van der Waals surface area contributed by atoms with E-state index in [2.05, 4.69) is 41.7 Å². The van der Waals surface area contributed by atoms with Crippen LogP contribution < -0.4 is 11.3 Å². The van der Waals surface area contributed by atoms with E-state index in [-0.39, 0.29) is 6.04 Å². The Balaban J connectivity index is 2.04. The maximum atomic E-state index is 5.66. The molecule has 0 radical (unpaired) electrons. The molecule has 2 aromatic rings. The molecule has 3 N–H and O–H groups in total. The number of hydrogen-bond donors (Lipinski definition) is 2. The summed E-state index contributed by atoms with van der Waals surface area (Å²) in [6.07, 6.45) is 3.86. The number of aryl methyl sites for hydroxylation is 2. The van der Waals surface area contributed by atoms with Crippen molar-refractivity contribution in [2.75, 3.05) is 0 Å². The van der Waals surface area contributed by atoms with Gasteiger partial charge in [0, 0.05) is 24.3 Å². The van der Waals surface area contributed by atoms with E-state index in [1.165, 1.54) is 11.1 Å². The van der Waals surface area contributed by atoms with Gasteiger partial charge >= 0.3 is 0 Å². The van der Waals surface area contributed by atoms with Crippen molar-refractivity contribution < 1.29 is 0 Å². The lowest BCUT2D eigenvalue weighted by Gasteiger charge is -2.15. The van der Waals surface area contributed by atoms with Gasteiger partial charge in [-0.25, -0.2) is 0 Å². The average molecular weight is 244 g/mol. The van der Waals surface area contributed by atoms with E-state index < -0.39 is 0 Å². The summed E-state index contributed by atoms with van der Waals surface area (Å²) in [7, 11) is 1.95. The third-order valence-corrected chi connectivity index (χ3v) is 3.41. The molecule has 1 heterocycles. The highest BCUT2D eigenvalue weighted by molar-refractivity contribution is 5.21. The van der Waals surface area contributed by atoms with Gasteiger partial charge in [0.05, 0.1) is 6.20 Å². The predicted octanol–water partition coefficient (Wildman–Crippen LogP) is 1.87. The van der Waals surface area contributed by atoms with Crippen molar-refractivity contribution >= 4 is 0 Å². The van der Waals surface area contributed by atoms with E-state index >= 15 is 0 Å². The summed E-state index contributed by atoms with van der Waals surface area (Å²) in [5.41, 5.74) is 6.56. The number of nitrogens with two attached hydrogens (primary N) is 1. The van der Waals surface area contributed by atoms with Crippen molar-refractivity contribution in [2.45, 2.75) is 25.8 Å². The van der Waals surface area contributed by atoms with Crippen LogP contribution in [0.15, 0.2) is 36.5 Å². The van der Waals surface area contributed by atoms with Gasteiger partial charge in [0.2, 0.25) is 0 Å². The molecule has 1 aromatic heterocycles. The minimum Gasteiger partial charge on any atom is -0.273 e. The van der Waals surface area contributed by atoms with E-state index in [0.29, 0.717) is 0 Å². The van der Waals surface area contributed by atoms with Gasteiger partial charge < -0.3 is 0 Å². The molecule has 1 aromatic carbocycles. The number of nitrogens with zero attached hydrogens (tertiary/aromatic N) is 2. The fourth-order valence-electron chi connectivity index (χ4n) is 2.14. The third-order valence-electron chi connectivity index (χ3n) is 3.41. The van der Waals surface area contributed by atoms with Crippen LogP contribution in [-0.4, -0.2) is 9.78 Å². The van der Waals surface area contributed by atoms with Crippen molar-refractivity contribution in [3.8, 4) is 0 Å². The summed E-state index contributed by atoms with van der Waals surface area (Å²) in [6, 6.07) is 10.6. The molecule has 18 heavy (non-hydrogen) atoms. The molecule has 0 fully saturated rings. The molecule has 1 atom stereocenters. The summed E-state index contributed by atoms with van der Waals surface area (Å²) in [4.78, 5) is 0. The van der Waals surface area contributed by atoms with E-state index in [4.69, 9.17) is 5.84 Å². The van der Waals surface area contributed by atoms with Crippen LogP contribution >= 0.6 is 0 Å². The third kappa shape index (κ3) is 2.78. The normalized spacial score (nSPS) is 12.6. The number of rotatable bonds is 5. The highest BCUT2D eigenvalue weighted by Gasteiger charge is 2.15. The standard InChI is InChI=1S/C14H20N4/c1-11-13(10-16-18(11)2)14(17-15)9-8-12-6-4-3-5-7-12/h3-7,10,14,17H,8-9,15H2,1-2H3. The monoisotopic (exact) mass is 244 g/mol. The first kappa shape index (κ1) is 12.8. The quantitative estimate of drug-likeness (QED) is 0.623. The Bertz CT molecular complexity index is 490. The Kier molecular flexibility index (Phi) is 4.12. The van der Waals surface area contributed by atoms with Gasteiger partial charge in [-0.05, 0) is 25.3 Å². The fraction of sp³-hybridized carbons (Fsp3) is 0.357. The Morgan fingerprint density at radius 1 is 1.33 bits per heavy atom. The van der Waals surface area contributed by atoms with E-state index in [1.54, 1.807) is 0 Å². The van der Waals surface area contributed by atoms with Crippen LogP contribution in [0.5, 0.6) is 0 Å². The van der Waals surface area contributed by atoms with Crippen molar-refractivity contribution in [1.82, 2.24) is 15.2 Å². The molecule has 2 rings (SSSR count). The smallest absolute Gasteiger partial charge is 0.0540 e. The summed E-state index contributed by atoms with van der Waals surface area (Å²) in [5, 5.41) is 4.26. The Labute approximate surface area is 108 Å². The molecular formula is C14H20N4. The lowest BCUT2D eigenvalue weighted by atomic mass is 10.0.